The molecular formula is C5H12NO3. The maximum absolute atomic E-state index is 9.90. The van der Waals surface area contributed by atoms with Gasteiger partial charge in [0.1, 0.15) is 12.7 Å². The smallest absolute Gasteiger partial charge is 0.111 e. The fourth-order valence-corrected chi connectivity index (χ4v) is 0.474. The molecule has 55 valence electrons. The summed E-state index contributed by atoms with van der Waals surface area (Å²) in [6.45, 7) is -0.376. The first kappa shape index (κ1) is 8.84. The highest BCUT2D eigenvalue weighted by atomic mass is 16.4. The Morgan fingerprint density at radius 3 is 2.22 bits per heavy atom. The van der Waals surface area contributed by atoms with Gasteiger partial charge in [0.25, 0.3) is 0 Å². The number of rotatable bonds is 4. The minimum atomic E-state index is -1.16. The average molecular weight is 134 g/mol. The summed E-state index contributed by atoms with van der Waals surface area (Å²) in [5.74, 6) is 0. The standard InChI is InChI=1S/C5H12NO3/c6-2-1-4(8)5(9)3-7/h4-5,8-9H,1-3,6H2. The van der Waals surface area contributed by atoms with Crippen LogP contribution in [0.5, 0.6) is 0 Å². The Morgan fingerprint density at radius 2 is 1.89 bits per heavy atom. The van der Waals surface area contributed by atoms with Crippen molar-refractivity contribution in [1.82, 2.24) is 0 Å². The van der Waals surface area contributed by atoms with Crippen molar-refractivity contribution in [2.75, 3.05) is 13.2 Å². The van der Waals surface area contributed by atoms with Crippen LogP contribution in [0.1, 0.15) is 6.42 Å². The van der Waals surface area contributed by atoms with E-state index in [9.17, 15) is 5.11 Å². The molecule has 2 unspecified atom stereocenters. The number of aliphatic hydroxyl groups excluding tert-OH is 2. The molecule has 0 aliphatic rings. The molecule has 0 saturated carbocycles. The van der Waals surface area contributed by atoms with E-state index >= 15 is 0 Å². The maximum atomic E-state index is 9.90. The summed E-state index contributed by atoms with van der Waals surface area (Å²) in [6, 6.07) is 0. The van der Waals surface area contributed by atoms with E-state index in [0.717, 1.165) is 0 Å². The highest BCUT2D eigenvalue weighted by Gasteiger charge is 2.13. The van der Waals surface area contributed by atoms with Crippen molar-refractivity contribution >= 4 is 0 Å². The SMILES string of the molecule is NCCC(O)C(O)C[O]. The molecule has 4 nitrogen and oxygen atoms in total. The van der Waals surface area contributed by atoms with Crippen molar-refractivity contribution in [2.24, 2.45) is 5.73 Å². The number of hydrogen-bond acceptors (Lipinski definition) is 3. The highest BCUT2D eigenvalue weighted by molar-refractivity contribution is 4.65. The van der Waals surface area contributed by atoms with Crippen molar-refractivity contribution in [2.45, 2.75) is 18.6 Å². The monoisotopic (exact) mass is 134 g/mol. The van der Waals surface area contributed by atoms with Gasteiger partial charge < -0.3 is 15.9 Å². The van der Waals surface area contributed by atoms with Gasteiger partial charge in [-0.25, -0.2) is 5.11 Å². The quantitative estimate of drug-likeness (QED) is 0.436. The number of hydrogen-bond donors (Lipinski definition) is 3. The minimum Gasteiger partial charge on any atom is -0.390 e. The molecular weight excluding hydrogens is 122 g/mol. The van der Waals surface area contributed by atoms with E-state index < -0.39 is 18.8 Å². The second-order valence-corrected chi connectivity index (χ2v) is 1.88. The van der Waals surface area contributed by atoms with Crippen LogP contribution in [0, 0.1) is 0 Å². The largest absolute Gasteiger partial charge is 0.390 e. The van der Waals surface area contributed by atoms with Crippen LogP contribution in [0.25, 0.3) is 0 Å². The third kappa shape index (κ3) is 3.42. The Bertz CT molecular complexity index is 69.2. The zero-order valence-corrected chi connectivity index (χ0v) is 5.16. The first-order valence-electron chi connectivity index (χ1n) is 2.86. The van der Waals surface area contributed by atoms with Gasteiger partial charge in [-0.3, -0.25) is 0 Å². The van der Waals surface area contributed by atoms with Gasteiger partial charge in [0, 0.05) is 0 Å². The molecule has 0 bridgehead atoms. The summed E-state index contributed by atoms with van der Waals surface area (Å²) in [7, 11) is 0. The average Bonchev–Trinajstić information content (AvgIpc) is 1.87. The van der Waals surface area contributed by atoms with Crippen LogP contribution in [0.3, 0.4) is 0 Å². The lowest BCUT2D eigenvalue weighted by Crippen LogP contribution is -2.30. The molecule has 0 rings (SSSR count). The first-order valence-corrected chi connectivity index (χ1v) is 2.86. The van der Waals surface area contributed by atoms with Gasteiger partial charge in [-0.05, 0) is 13.0 Å². The molecule has 0 aromatic carbocycles. The molecule has 0 heterocycles. The van der Waals surface area contributed by atoms with Gasteiger partial charge in [-0.15, -0.1) is 0 Å². The molecule has 4 N–H and O–H groups in total. The van der Waals surface area contributed by atoms with Crippen molar-refractivity contribution in [1.29, 1.82) is 0 Å². The summed E-state index contributed by atoms with van der Waals surface area (Å²) >= 11 is 0. The van der Waals surface area contributed by atoms with Gasteiger partial charge in [0.2, 0.25) is 0 Å². The maximum Gasteiger partial charge on any atom is 0.111 e. The second-order valence-electron chi connectivity index (χ2n) is 1.88. The molecule has 2 atom stereocenters. The number of aliphatic hydroxyl groups is 2. The van der Waals surface area contributed by atoms with Crippen LogP contribution >= 0.6 is 0 Å². The van der Waals surface area contributed by atoms with E-state index in [1.807, 2.05) is 0 Å². The second kappa shape index (κ2) is 4.69. The molecule has 9 heavy (non-hydrogen) atoms. The lowest BCUT2D eigenvalue weighted by molar-refractivity contribution is -0.0340. The van der Waals surface area contributed by atoms with Crippen molar-refractivity contribution in [3.63, 3.8) is 0 Å². The van der Waals surface area contributed by atoms with Crippen LogP contribution in [-0.2, 0) is 5.11 Å². The normalized spacial score (nSPS) is 17.3. The molecule has 0 aliphatic heterocycles. The Morgan fingerprint density at radius 1 is 1.33 bits per heavy atom. The van der Waals surface area contributed by atoms with E-state index in [-0.39, 0.29) is 13.0 Å². The Labute approximate surface area is 53.9 Å². The van der Waals surface area contributed by atoms with Crippen molar-refractivity contribution in [3.8, 4) is 0 Å². The van der Waals surface area contributed by atoms with Gasteiger partial charge in [-0.1, -0.05) is 0 Å². The fourth-order valence-electron chi connectivity index (χ4n) is 0.474. The van der Waals surface area contributed by atoms with E-state index in [0.29, 0.717) is 0 Å². The number of nitrogens with two attached hydrogens (primary N) is 1. The van der Waals surface area contributed by atoms with Gasteiger partial charge in [-0.2, -0.15) is 0 Å². The minimum absolute atomic E-state index is 0.281. The fraction of sp³-hybridized carbons (Fsp3) is 1.00. The van der Waals surface area contributed by atoms with Gasteiger partial charge in [0.05, 0.1) is 6.10 Å². The third-order valence-corrected chi connectivity index (χ3v) is 1.08. The molecule has 0 saturated heterocycles. The molecule has 0 aliphatic carbocycles. The predicted octanol–water partition coefficient (Wildman–Crippen LogP) is -1.51. The van der Waals surface area contributed by atoms with Crippen LogP contribution in [-0.4, -0.2) is 35.6 Å². The van der Waals surface area contributed by atoms with E-state index in [1.165, 1.54) is 0 Å². The van der Waals surface area contributed by atoms with Gasteiger partial charge >= 0.3 is 0 Å². The van der Waals surface area contributed by atoms with Crippen molar-refractivity contribution < 1.29 is 15.3 Å². The van der Waals surface area contributed by atoms with Crippen LogP contribution in [0.2, 0.25) is 0 Å². The highest BCUT2D eigenvalue weighted by Crippen LogP contribution is 1.95. The zero-order valence-electron chi connectivity index (χ0n) is 5.16. The molecule has 0 aromatic heterocycles. The third-order valence-electron chi connectivity index (χ3n) is 1.08. The van der Waals surface area contributed by atoms with Crippen LogP contribution in [0.4, 0.5) is 0 Å². The zero-order chi connectivity index (χ0) is 7.28. The summed E-state index contributed by atoms with van der Waals surface area (Å²) in [6.07, 6.45) is -1.83. The summed E-state index contributed by atoms with van der Waals surface area (Å²) in [5.41, 5.74) is 5.05. The topological polar surface area (TPSA) is 86.4 Å². The summed E-state index contributed by atoms with van der Waals surface area (Å²) in [4.78, 5) is 0. The summed E-state index contributed by atoms with van der Waals surface area (Å²) < 4.78 is 0. The van der Waals surface area contributed by atoms with Crippen molar-refractivity contribution in [3.05, 3.63) is 0 Å². The van der Waals surface area contributed by atoms with Crippen LogP contribution in [0.15, 0.2) is 0 Å². The van der Waals surface area contributed by atoms with Gasteiger partial charge in [0.15, 0.2) is 0 Å². The first-order chi connectivity index (χ1) is 4.22. The molecule has 0 amide bonds. The molecule has 0 fully saturated rings. The lowest BCUT2D eigenvalue weighted by Gasteiger charge is -2.12. The Hall–Kier alpha value is -0.160. The lowest BCUT2D eigenvalue weighted by atomic mass is 10.1. The van der Waals surface area contributed by atoms with E-state index in [1.54, 1.807) is 0 Å². The molecule has 0 aromatic rings. The summed E-state index contributed by atoms with van der Waals surface area (Å²) in [5, 5.41) is 27.3. The molecule has 4 heteroatoms. The predicted molar refractivity (Wildman–Crippen MR) is 31.2 cm³/mol. The molecule has 1 radical (unpaired) electrons. The van der Waals surface area contributed by atoms with Crippen LogP contribution < -0.4 is 5.73 Å². The van der Waals surface area contributed by atoms with E-state index in [4.69, 9.17) is 15.9 Å². The Kier molecular flexibility index (Phi) is 4.61. The molecule has 0 spiro atoms. The Balaban J connectivity index is 3.32. The van der Waals surface area contributed by atoms with E-state index in [2.05, 4.69) is 0 Å².